The van der Waals surface area contributed by atoms with Crippen molar-refractivity contribution in [1.82, 2.24) is 4.57 Å². The fraction of sp³-hybridized carbons (Fsp3) is 0.727. The molecule has 0 amide bonds. The van der Waals surface area contributed by atoms with E-state index >= 15 is 0 Å². The summed E-state index contributed by atoms with van der Waals surface area (Å²) in [6.07, 6.45) is 30.4. The second-order valence-electron chi connectivity index (χ2n) is 11.1. The predicted octanol–water partition coefficient (Wildman–Crippen LogP) is 9.70. The molecule has 0 saturated heterocycles. The number of unbranched alkanes of at least 4 members (excludes halogenated alkanes) is 19. The van der Waals surface area contributed by atoms with E-state index in [9.17, 15) is 9.90 Å². The number of carbonyl (C=O) groups excluding carboxylic acids is 1. The number of aromatic hydroxyl groups is 1. The van der Waals surface area contributed by atoms with Gasteiger partial charge in [-0.05, 0) is 43.1 Å². The van der Waals surface area contributed by atoms with Crippen LogP contribution in [0, 0.1) is 0 Å². The number of hydrogen-bond acceptors (Lipinski definition) is 3. The SMILES string of the molecule is CCCCCCCCCCCCCCCCCCCCCCC(=O)n1cc(CCN)c2cc(O)ccc21. The van der Waals surface area contributed by atoms with Crippen molar-refractivity contribution in [3.63, 3.8) is 0 Å². The Labute approximate surface area is 227 Å². The van der Waals surface area contributed by atoms with Crippen molar-refractivity contribution >= 4 is 16.8 Å². The lowest BCUT2D eigenvalue weighted by atomic mass is 10.0. The van der Waals surface area contributed by atoms with Crippen molar-refractivity contribution < 1.29 is 9.90 Å². The molecule has 0 atom stereocenters. The van der Waals surface area contributed by atoms with Crippen LogP contribution >= 0.6 is 0 Å². The Morgan fingerprint density at radius 3 is 1.65 bits per heavy atom. The van der Waals surface area contributed by atoms with Crippen LogP contribution in [0.2, 0.25) is 0 Å². The second-order valence-corrected chi connectivity index (χ2v) is 11.1. The normalized spacial score (nSPS) is 11.5. The molecule has 210 valence electrons. The van der Waals surface area contributed by atoms with E-state index in [0.717, 1.165) is 29.3 Å². The monoisotopic (exact) mass is 512 g/mol. The number of phenols is 1. The molecule has 1 heterocycles. The van der Waals surface area contributed by atoms with Gasteiger partial charge in [0, 0.05) is 18.0 Å². The number of fused-ring (bicyclic) bond motifs is 1. The molecule has 3 N–H and O–H groups in total. The summed E-state index contributed by atoms with van der Waals surface area (Å²) >= 11 is 0. The molecule has 0 aliphatic heterocycles. The number of nitrogens with two attached hydrogens (primary N) is 1. The average molecular weight is 513 g/mol. The van der Waals surface area contributed by atoms with Crippen molar-refractivity contribution in [3.8, 4) is 5.75 Å². The van der Waals surface area contributed by atoms with Gasteiger partial charge in [0.2, 0.25) is 5.91 Å². The first-order valence-electron chi connectivity index (χ1n) is 15.7. The van der Waals surface area contributed by atoms with Crippen LogP contribution in [0.5, 0.6) is 5.75 Å². The van der Waals surface area contributed by atoms with Gasteiger partial charge >= 0.3 is 0 Å². The fourth-order valence-electron chi connectivity index (χ4n) is 5.50. The molecule has 4 heteroatoms. The Morgan fingerprint density at radius 1 is 0.730 bits per heavy atom. The molecule has 0 aliphatic rings. The molecule has 2 rings (SSSR count). The van der Waals surface area contributed by atoms with Gasteiger partial charge in [0.05, 0.1) is 5.52 Å². The van der Waals surface area contributed by atoms with E-state index in [1.807, 2.05) is 12.3 Å². The lowest BCUT2D eigenvalue weighted by Gasteiger charge is -2.05. The Kier molecular flexibility index (Phi) is 17.1. The van der Waals surface area contributed by atoms with Gasteiger partial charge in [0.15, 0.2) is 0 Å². The van der Waals surface area contributed by atoms with Crippen LogP contribution < -0.4 is 5.73 Å². The number of rotatable bonds is 23. The van der Waals surface area contributed by atoms with Crippen LogP contribution in [0.25, 0.3) is 10.9 Å². The number of nitrogens with zero attached hydrogens (tertiary/aromatic N) is 1. The molecule has 0 bridgehead atoms. The number of hydrogen-bond donors (Lipinski definition) is 2. The zero-order valence-corrected chi connectivity index (χ0v) is 24.0. The average Bonchev–Trinajstić information content (AvgIpc) is 3.25. The largest absolute Gasteiger partial charge is 0.508 e. The van der Waals surface area contributed by atoms with Gasteiger partial charge in [0.1, 0.15) is 5.75 Å². The molecule has 37 heavy (non-hydrogen) atoms. The molecular formula is C33H56N2O2. The van der Waals surface area contributed by atoms with Crippen LogP contribution in [0.3, 0.4) is 0 Å². The van der Waals surface area contributed by atoms with Gasteiger partial charge in [-0.15, -0.1) is 0 Å². The lowest BCUT2D eigenvalue weighted by Crippen LogP contribution is -2.09. The van der Waals surface area contributed by atoms with Crippen LogP contribution in [0.15, 0.2) is 24.4 Å². The van der Waals surface area contributed by atoms with Gasteiger partial charge in [-0.2, -0.15) is 0 Å². The van der Waals surface area contributed by atoms with E-state index in [-0.39, 0.29) is 11.7 Å². The van der Waals surface area contributed by atoms with E-state index in [1.54, 1.807) is 16.7 Å². The highest BCUT2D eigenvalue weighted by Crippen LogP contribution is 2.26. The van der Waals surface area contributed by atoms with Crippen molar-refractivity contribution in [3.05, 3.63) is 30.0 Å². The highest BCUT2D eigenvalue weighted by atomic mass is 16.3. The first-order valence-corrected chi connectivity index (χ1v) is 15.7. The van der Waals surface area contributed by atoms with Crippen LogP contribution in [0.1, 0.15) is 152 Å². The molecule has 2 aromatic rings. The quantitative estimate of drug-likeness (QED) is 0.146. The van der Waals surface area contributed by atoms with E-state index in [4.69, 9.17) is 5.73 Å². The number of carbonyl (C=O) groups is 1. The number of phenolic OH excluding ortho intramolecular Hbond substituents is 1. The first kappa shape index (κ1) is 31.4. The smallest absolute Gasteiger partial charge is 0.231 e. The standard InChI is InChI=1S/C33H56N2O2/c1-2-3-4-5-6-7-8-9-10-11-12-13-14-15-16-17-18-19-20-21-22-33(37)35-28-29(25-26-34)31-27-30(36)23-24-32(31)35/h23-24,27-28,36H,2-22,25-26,34H2,1H3. The third kappa shape index (κ3) is 13.0. The summed E-state index contributed by atoms with van der Waals surface area (Å²) in [6, 6.07) is 5.22. The summed E-state index contributed by atoms with van der Waals surface area (Å²) in [6.45, 7) is 2.82. The third-order valence-electron chi connectivity index (χ3n) is 7.80. The van der Waals surface area contributed by atoms with Crippen LogP contribution in [0.4, 0.5) is 0 Å². The van der Waals surface area contributed by atoms with Gasteiger partial charge in [-0.1, -0.05) is 129 Å². The highest BCUT2D eigenvalue weighted by molar-refractivity contribution is 5.95. The van der Waals surface area contributed by atoms with Crippen LogP contribution in [-0.2, 0) is 6.42 Å². The van der Waals surface area contributed by atoms with Crippen LogP contribution in [-0.4, -0.2) is 22.1 Å². The van der Waals surface area contributed by atoms with E-state index in [1.165, 1.54) is 116 Å². The van der Waals surface area contributed by atoms with Gasteiger partial charge < -0.3 is 10.8 Å². The summed E-state index contributed by atoms with van der Waals surface area (Å²) < 4.78 is 1.76. The minimum absolute atomic E-state index is 0.140. The minimum atomic E-state index is 0.140. The zero-order valence-electron chi connectivity index (χ0n) is 24.0. The second kappa shape index (κ2) is 20.2. The van der Waals surface area contributed by atoms with Gasteiger partial charge in [-0.25, -0.2) is 0 Å². The maximum Gasteiger partial charge on any atom is 0.231 e. The Bertz CT molecular complexity index is 857. The summed E-state index contributed by atoms with van der Waals surface area (Å²) in [5.41, 5.74) is 7.64. The van der Waals surface area contributed by atoms with E-state index in [2.05, 4.69) is 6.92 Å². The predicted molar refractivity (Wildman–Crippen MR) is 160 cm³/mol. The van der Waals surface area contributed by atoms with Crippen molar-refractivity contribution in [1.29, 1.82) is 0 Å². The molecule has 1 aromatic heterocycles. The lowest BCUT2D eigenvalue weighted by molar-refractivity contribution is 0.0904. The molecule has 0 spiro atoms. The maximum atomic E-state index is 12.8. The number of aromatic nitrogens is 1. The highest BCUT2D eigenvalue weighted by Gasteiger charge is 2.13. The van der Waals surface area contributed by atoms with Crippen molar-refractivity contribution in [2.75, 3.05) is 6.54 Å². The molecule has 0 aliphatic carbocycles. The molecule has 0 unspecified atom stereocenters. The third-order valence-corrected chi connectivity index (χ3v) is 7.80. The Balaban J connectivity index is 1.41. The summed E-state index contributed by atoms with van der Waals surface area (Å²) in [7, 11) is 0. The van der Waals surface area contributed by atoms with Crippen molar-refractivity contribution in [2.45, 2.75) is 148 Å². The topological polar surface area (TPSA) is 68.2 Å². The molecule has 4 nitrogen and oxygen atoms in total. The van der Waals surface area contributed by atoms with Gasteiger partial charge in [-0.3, -0.25) is 9.36 Å². The summed E-state index contributed by atoms with van der Waals surface area (Å²) in [4.78, 5) is 12.8. The summed E-state index contributed by atoms with van der Waals surface area (Å²) in [5, 5.41) is 10.8. The van der Waals surface area contributed by atoms with E-state index in [0.29, 0.717) is 19.4 Å². The van der Waals surface area contributed by atoms with Gasteiger partial charge in [0.25, 0.3) is 0 Å². The summed E-state index contributed by atoms with van der Waals surface area (Å²) in [5.74, 6) is 0.367. The first-order chi connectivity index (χ1) is 18.2. The minimum Gasteiger partial charge on any atom is -0.508 e. The Hall–Kier alpha value is -1.81. The molecule has 0 radical (unpaired) electrons. The molecule has 0 fully saturated rings. The Morgan fingerprint density at radius 2 is 1.19 bits per heavy atom. The molecule has 1 aromatic carbocycles. The fourth-order valence-corrected chi connectivity index (χ4v) is 5.50. The zero-order chi connectivity index (χ0) is 26.6. The maximum absolute atomic E-state index is 12.8. The molecule has 0 saturated carbocycles. The number of benzene rings is 1. The van der Waals surface area contributed by atoms with E-state index < -0.39 is 0 Å². The van der Waals surface area contributed by atoms with Crippen molar-refractivity contribution in [2.24, 2.45) is 5.73 Å². The molecular weight excluding hydrogens is 456 g/mol.